The Morgan fingerprint density at radius 2 is 2.12 bits per heavy atom. The summed E-state index contributed by atoms with van der Waals surface area (Å²) in [5.41, 5.74) is 4.45. The standard InChI is InChI=1S/C18H17N5O2/c1-10-4-17-20-9-14-15-3-2-12(6-16(14)23(17)21-10)22(15)18(25)11-5-13(24)8-19-7-11/h4-5,7-9,12,15,24H,2-3,6H2,1H3/t12-,15-/m1/s1. The molecular formula is C18H17N5O2. The minimum atomic E-state index is -0.0849. The third-order valence-corrected chi connectivity index (χ3v) is 5.23. The maximum absolute atomic E-state index is 13.0. The average Bonchev–Trinajstić information content (AvgIpc) is 3.13. The fraction of sp³-hybridized carbons (Fsp3) is 0.333. The normalized spacial score (nSPS) is 21.6. The Morgan fingerprint density at radius 3 is 2.96 bits per heavy atom. The summed E-state index contributed by atoms with van der Waals surface area (Å²) in [6.45, 7) is 1.96. The van der Waals surface area contributed by atoms with E-state index < -0.39 is 0 Å². The minimum absolute atomic E-state index is 0.00463. The van der Waals surface area contributed by atoms with E-state index in [9.17, 15) is 9.90 Å². The molecule has 3 aromatic heterocycles. The van der Waals surface area contributed by atoms with Crippen LogP contribution >= 0.6 is 0 Å². The molecule has 0 unspecified atom stereocenters. The summed E-state index contributed by atoms with van der Waals surface area (Å²) in [5, 5.41) is 14.2. The number of hydrogen-bond donors (Lipinski definition) is 1. The highest BCUT2D eigenvalue weighted by Gasteiger charge is 2.44. The highest BCUT2D eigenvalue weighted by Crippen LogP contribution is 2.44. The number of nitrogens with zero attached hydrogens (tertiary/aromatic N) is 5. The van der Waals surface area contributed by atoms with E-state index in [0.717, 1.165) is 41.9 Å². The lowest BCUT2D eigenvalue weighted by atomic mass is 9.98. The molecule has 0 radical (unpaired) electrons. The molecule has 5 rings (SSSR count). The van der Waals surface area contributed by atoms with Gasteiger partial charge in [-0.15, -0.1) is 0 Å². The first-order valence-corrected chi connectivity index (χ1v) is 8.42. The van der Waals surface area contributed by atoms with Crippen LogP contribution < -0.4 is 0 Å². The fourth-order valence-corrected chi connectivity index (χ4v) is 4.20. The monoisotopic (exact) mass is 335 g/mol. The molecule has 3 aromatic rings. The van der Waals surface area contributed by atoms with Crippen LogP contribution in [-0.4, -0.2) is 41.5 Å². The molecule has 1 N–H and O–H groups in total. The van der Waals surface area contributed by atoms with Crippen molar-refractivity contribution in [2.75, 3.05) is 0 Å². The van der Waals surface area contributed by atoms with Crippen molar-refractivity contribution in [2.24, 2.45) is 0 Å². The van der Waals surface area contributed by atoms with Crippen molar-refractivity contribution in [3.05, 3.63) is 53.2 Å². The Bertz CT molecular complexity index is 1010. The minimum Gasteiger partial charge on any atom is -0.506 e. The molecule has 2 atom stereocenters. The SMILES string of the molecule is Cc1cc2ncc3c(n2n1)C[C@H]1CC[C@H]3N1C(=O)c1cncc(O)c1. The van der Waals surface area contributed by atoms with Crippen molar-refractivity contribution in [3.63, 3.8) is 0 Å². The zero-order chi connectivity index (χ0) is 17.1. The first kappa shape index (κ1) is 14.4. The third kappa shape index (κ3) is 2.05. The van der Waals surface area contributed by atoms with Crippen molar-refractivity contribution in [3.8, 4) is 5.75 Å². The summed E-state index contributed by atoms with van der Waals surface area (Å²) in [6, 6.07) is 3.59. The number of fused-ring (bicyclic) bond motifs is 6. The number of hydrogen-bond acceptors (Lipinski definition) is 5. The number of carbonyl (C=O) groups is 1. The summed E-state index contributed by atoms with van der Waals surface area (Å²) in [6.07, 6.45) is 7.37. The van der Waals surface area contributed by atoms with Crippen LogP contribution in [0.4, 0.5) is 0 Å². The molecule has 5 heterocycles. The molecule has 0 aliphatic carbocycles. The number of carbonyl (C=O) groups excluding carboxylic acids is 1. The van der Waals surface area contributed by atoms with Gasteiger partial charge in [0.25, 0.3) is 5.91 Å². The van der Waals surface area contributed by atoms with E-state index in [1.807, 2.05) is 28.6 Å². The second-order valence-corrected chi connectivity index (χ2v) is 6.81. The highest BCUT2D eigenvalue weighted by atomic mass is 16.3. The lowest BCUT2D eigenvalue weighted by molar-refractivity contribution is 0.0641. The Labute approximate surface area is 143 Å². The van der Waals surface area contributed by atoms with E-state index >= 15 is 0 Å². The van der Waals surface area contributed by atoms with E-state index in [1.165, 1.54) is 18.5 Å². The van der Waals surface area contributed by atoms with Crippen LogP contribution in [0.15, 0.2) is 30.7 Å². The van der Waals surface area contributed by atoms with E-state index in [2.05, 4.69) is 15.1 Å². The predicted molar refractivity (Wildman–Crippen MR) is 89.3 cm³/mol. The van der Waals surface area contributed by atoms with Gasteiger partial charge in [0.15, 0.2) is 5.65 Å². The van der Waals surface area contributed by atoms with E-state index in [4.69, 9.17) is 0 Å². The van der Waals surface area contributed by atoms with E-state index in [0.29, 0.717) is 5.56 Å². The van der Waals surface area contributed by atoms with Crippen molar-refractivity contribution in [2.45, 2.75) is 38.3 Å². The van der Waals surface area contributed by atoms with Crippen LogP contribution in [0.25, 0.3) is 5.65 Å². The Balaban J connectivity index is 1.59. The number of aromatic hydroxyl groups is 1. The predicted octanol–water partition coefficient (Wildman–Crippen LogP) is 2.04. The number of aromatic nitrogens is 4. The van der Waals surface area contributed by atoms with Gasteiger partial charge >= 0.3 is 0 Å². The number of pyridine rings is 1. The summed E-state index contributed by atoms with van der Waals surface area (Å²) < 4.78 is 1.92. The summed E-state index contributed by atoms with van der Waals surface area (Å²) >= 11 is 0. The van der Waals surface area contributed by atoms with Gasteiger partial charge in [0, 0.05) is 36.5 Å². The van der Waals surface area contributed by atoms with Gasteiger partial charge in [-0.2, -0.15) is 5.10 Å². The number of rotatable bonds is 1. The molecule has 1 saturated heterocycles. The van der Waals surface area contributed by atoms with E-state index in [-0.39, 0.29) is 23.7 Å². The molecule has 0 spiro atoms. The summed E-state index contributed by atoms with van der Waals surface area (Å²) in [5.74, 6) is -0.0794. The van der Waals surface area contributed by atoms with Crippen LogP contribution in [-0.2, 0) is 6.42 Å². The topological polar surface area (TPSA) is 83.6 Å². The van der Waals surface area contributed by atoms with Gasteiger partial charge in [0.2, 0.25) is 0 Å². The van der Waals surface area contributed by atoms with Crippen molar-refractivity contribution in [1.82, 2.24) is 24.5 Å². The molecule has 0 aromatic carbocycles. The molecule has 2 aliphatic heterocycles. The Morgan fingerprint density at radius 1 is 1.24 bits per heavy atom. The molecule has 0 saturated carbocycles. The fourth-order valence-electron chi connectivity index (χ4n) is 4.20. The smallest absolute Gasteiger partial charge is 0.256 e. The maximum atomic E-state index is 13.0. The van der Waals surface area contributed by atoms with Crippen LogP contribution in [0.3, 0.4) is 0 Å². The van der Waals surface area contributed by atoms with Gasteiger partial charge in [0.1, 0.15) is 5.75 Å². The second kappa shape index (κ2) is 5.02. The number of amides is 1. The molecule has 1 fully saturated rings. The summed E-state index contributed by atoms with van der Waals surface area (Å²) in [4.78, 5) is 23.4. The van der Waals surface area contributed by atoms with Gasteiger partial charge < -0.3 is 10.0 Å². The highest BCUT2D eigenvalue weighted by molar-refractivity contribution is 5.95. The van der Waals surface area contributed by atoms with Crippen LogP contribution in [0.2, 0.25) is 0 Å². The molecule has 2 aliphatic rings. The Hall–Kier alpha value is -2.96. The summed E-state index contributed by atoms with van der Waals surface area (Å²) in [7, 11) is 0. The van der Waals surface area contributed by atoms with Crippen LogP contribution in [0.1, 0.15) is 46.2 Å². The lowest BCUT2D eigenvalue weighted by Crippen LogP contribution is -2.42. The van der Waals surface area contributed by atoms with E-state index in [1.54, 1.807) is 0 Å². The second-order valence-electron chi connectivity index (χ2n) is 6.81. The maximum Gasteiger partial charge on any atom is 0.256 e. The zero-order valence-electron chi connectivity index (χ0n) is 13.8. The van der Waals surface area contributed by atoms with Crippen molar-refractivity contribution >= 4 is 11.6 Å². The molecule has 25 heavy (non-hydrogen) atoms. The zero-order valence-corrected chi connectivity index (χ0v) is 13.8. The van der Waals surface area contributed by atoms with Gasteiger partial charge in [-0.1, -0.05) is 0 Å². The molecule has 1 amide bonds. The van der Waals surface area contributed by atoms with Gasteiger partial charge in [-0.05, 0) is 25.8 Å². The van der Waals surface area contributed by atoms with Gasteiger partial charge in [0.05, 0.1) is 29.2 Å². The lowest BCUT2D eigenvalue weighted by Gasteiger charge is -2.36. The van der Waals surface area contributed by atoms with Crippen LogP contribution in [0, 0.1) is 6.92 Å². The first-order valence-electron chi connectivity index (χ1n) is 8.42. The van der Waals surface area contributed by atoms with Gasteiger partial charge in [-0.3, -0.25) is 9.78 Å². The molecule has 126 valence electrons. The van der Waals surface area contributed by atoms with Gasteiger partial charge in [-0.25, -0.2) is 9.50 Å². The molecular weight excluding hydrogens is 318 g/mol. The quantitative estimate of drug-likeness (QED) is 0.736. The first-order chi connectivity index (χ1) is 12.1. The Kier molecular flexibility index (Phi) is 2.89. The molecule has 7 nitrogen and oxygen atoms in total. The largest absolute Gasteiger partial charge is 0.506 e. The number of aryl methyl sites for hydroxylation is 1. The third-order valence-electron chi connectivity index (χ3n) is 5.23. The average molecular weight is 335 g/mol. The van der Waals surface area contributed by atoms with Crippen molar-refractivity contribution < 1.29 is 9.90 Å². The van der Waals surface area contributed by atoms with Crippen molar-refractivity contribution in [1.29, 1.82) is 0 Å². The molecule has 7 heteroatoms. The van der Waals surface area contributed by atoms with Crippen LogP contribution in [0.5, 0.6) is 5.75 Å². The molecule has 2 bridgehead atoms.